The molecule has 0 bridgehead atoms. The maximum absolute atomic E-state index is 12.7. The zero-order valence-corrected chi connectivity index (χ0v) is 13.3. The van der Waals surface area contributed by atoms with Crippen LogP contribution in [-0.4, -0.2) is 42.4 Å². The lowest BCUT2D eigenvalue weighted by atomic mass is 10.1. The maximum Gasteiger partial charge on any atom is 0.307 e. The van der Waals surface area contributed by atoms with Crippen molar-refractivity contribution in [2.24, 2.45) is 0 Å². The second kappa shape index (κ2) is 7.88. The van der Waals surface area contributed by atoms with E-state index in [4.69, 9.17) is 17.3 Å². The minimum Gasteiger partial charge on any atom is -0.469 e. The van der Waals surface area contributed by atoms with Gasteiger partial charge in [0.1, 0.15) is 0 Å². The predicted molar refractivity (Wildman–Crippen MR) is 83.4 cm³/mol. The Morgan fingerprint density at radius 3 is 2.67 bits per heavy atom. The van der Waals surface area contributed by atoms with Crippen molar-refractivity contribution in [3.05, 3.63) is 29.3 Å². The van der Waals surface area contributed by atoms with Gasteiger partial charge in [-0.05, 0) is 26.0 Å². The van der Waals surface area contributed by atoms with Gasteiger partial charge in [0.2, 0.25) is 0 Å². The highest BCUT2D eigenvalue weighted by atomic mass is 35.5. The first kappa shape index (κ1) is 17.3. The number of benzene rings is 1. The van der Waals surface area contributed by atoms with Crippen molar-refractivity contribution in [1.82, 2.24) is 4.90 Å². The summed E-state index contributed by atoms with van der Waals surface area (Å²) in [5.41, 5.74) is 7.66. The highest BCUT2D eigenvalue weighted by Gasteiger charge is 2.24. The number of aryl methyl sites for hydroxylation is 1. The minimum atomic E-state index is -0.368. The molecular weight excluding hydrogens is 292 g/mol. The Kier molecular flexibility index (Phi) is 6.49. The second-order valence-electron chi connectivity index (χ2n) is 4.91. The highest BCUT2D eigenvalue weighted by Crippen LogP contribution is 2.18. The summed E-state index contributed by atoms with van der Waals surface area (Å²) >= 11 is 5.77. The van der Waals surface area contributed by atoms with Crippen molar-refractivity contribution in [3.8, 4) is 0 Å². The van der Waals surface area contributed by atoms with Crippen LogP contribution in [0.1, 0.15) is 29.3 Å². The van der Waals surface area contributed by atoms with Gasteiger partial charge in [-0.3, -0.25) is 9.59 Å². The number of alkyl halides is 1. The average Bonchev–Trinajstić information content (AvgIpc) is 2.46. The van der Waals surface area contributed by atoms with Gasteiger partial charge in [0.05, 0.1) is 19.1 Å². The van der Waals surface area contributed by atoms with E-state index in [0.29, 0.717) is 17.8 Å². The van der Waals surface area contributed by atoms with Crippen LogP contribution in [0.5, 0.6) is 0 Å². The number of hydrogen-bond donors (Lipinski definition) is 1. The maximum atomic E-state index is 12.7. The van der Waals surface area contributed by atoms with Crippen molar-refractivity contribution in [1.29, 1.82) is 0 Å². The third-order valence-corrected chi connectivity index (χ3v) is 3.42. The van der Waals surface area contributed by atoms with Gasteiger partial charge in [0, 0.05) is 24.2 Å². The number of rotatable bonds is 6. The van der Waals surface area contributed by atoms with E-state index in [-0.39, 0.29) is 30.2 Å². The molecule has 0 spiro atoms. The standard InChI is InChI=1S/C15H21ClN2O3/c1-10-4-5-13(17)12(8-10)15(20)18(7-6-16)11(2)9-14(19)21-3/h4-5,8,11H,6-7,9,17H2,1-3H3. The van der Waals surface area contributed by atoms with Crippen LogP contribution in [0.25, 0.3) is 0 Å². The molecule has 2 N–H and O–H groups in total. The number of nitrogens with zero attached hydrogens (tertiary/aromatic N) is 1. The quantitative estimate of drug-likeness (QED) is 0.496. The molecule has 5 nitrogen and oxygen atoms in total. The van der Waals surface area contributed by atoms with E-state index in [1.54, 1.807) is 24.0 Å². The SMILES string of the molecule is COC(=O)CC(C)N(CCCl)C(=O)c1cc(C)ccc1N. The third kappa shape index (κ3) is 4.63. The van der Waals surface area contributed by atoms with E-state index in [9.17, 15) is 9.59 Å². The molecule has 0 aliphatic heterocycles. The molecular formula is C15H21ClN2O3. The number of nitrogens with two attached hydrogens (primary N) is 1. The van der Waals surface area contributed by atoms with Crippen LogP contribution < -0.4 is 5.73 Å². The Balaban J connectivity index is 3.01. The van der Waals surface area contributed by atoms with Gasteiger partial charge in [-0.2, -0.15) is 0 Å². The molecule has 0 saturated carbocycles. The van der Waals surface area contributed by atoms with Gasteiger partial charge in [-0.25, -0.2) is 0 Å². The van der Waals surface area contributed by atoms with Gasteiger partial charge < -0.3 is 15.4 Å². The molecule has 1 rings (SSSR count). The lowest BCUT2D eigenvalue weighted by molar-refractivity contribution is -0.141. The molecule has 0 radical (unpaired) electrons. The number of carbonyl (C=O) groups excluding carboxylic acids is 2. The normalized spacial score (nSPS) is 11.8. The molecule has 1 aromatic rings. The fourth-order valence-corrected chi connectivity index (χ4v) is 2.24. The first-order valence-corrected chi connectivity index (χ1v) is 7.24. The highest BCUT2D eigenvalue weighted by molar-refractivity contribution is 6.18. The van der Waals surface area contributed by atoms with Gasteiger partial charge >= 0.3 is 5.97 Å². The summed E-state index contributed by atoms with van der Waals surface area (Å²) in [5, 5.41) is 0. The van der Waals surface area contributed by atoms with Gasteiger partial charge in [0.15, 0.2) is 0 Å². The van der Waals surface area contributed by atoms with Crippen LogP contribution in [0.3, 0.4) is 0 Å². The number of ether oxygens (including phenoxy) is 1. The zero-order chi connectivity index (χ0) is 16.0. The van der Waals surface area contributed by atoms with Crippen LogP contribution in [0.15, 0.2) is 18.2 Å². The Bertz CT molecular complexity index is 520. The molecule has 1 unspecified atom stereocenters. The average molecular weight is 313 g/mol. The first-order chi connectivity index (χ1) is 9.90. The molecule has 0 aliphatic carbocycles. The smallest absolute Gasteiger partial charge is 0.307 e. The Labute approximate surface area is 130 Å². The lowest BCUT2D eigenvalue weighted by Crippen LogP contribution is -2.41. The summed E-state index contributed by atoms with van der Waals surface area (Å²) in [6.07, 6.45) is 0.116. The molecule has 6 heteroatoms. The summed E-state index contributed by atoms with van der Waals surface area (Å²) in [6.45, 7) is 4.01. The predicted octanol–water partition coefficient (Wildman–Crippen LogP) is 2.21. The molecule has 0 heterocycles. The Morgan fingerprint density at radius 2 is 2.10 bits per heavy atom. The second-order valence-corrected chi connectivity index (χ2v) is 5.29. The molecule has 1 aromatic carbocycles. The summed E-state index contributed by atoms with van der Waals surface area (Å²) in [5.74, 6) is -0.316. The van der Waals surface area contributed by atoms with E-state index >= 15 is 0 Å². The number of halogens is 1. The number of amides is 1. The zero-order valence-electron chi connectivity index (χ0n) is 12.6. The van der Waals surface area contributed by atoms with Crippen LogP contribution >= 0.6 is 11.6 Å². The third-order valence-electron chi connectivity index (χ3n) is 3.25. The molecule has 1 atom stereocenters. The Hall–Kier alpha value is -1.75. The van der Waals surface area contributed by atoms with E-state index in [0.717, 1.165) is 5.56 Å². The van der Waals surface area contributed by atoms with Gasteiger partial charge in [-0.15, -0.1) is 11.6 Å². The van der Waals surface area contributed by atoms with E-state index in [1.165, 1.54) is 7.11 Å². The van der Waals surface area contributed by atoms with Crippen LogP contribution in [0, 0.1) is 6.92 Å². The number of anilines is 1. The number of esters is 1. The number of methoxy groups -OCH3 is 1. The van der Waals surface area contributed by atoms with Gasteiger partial charge in [-0.1, -0.05) is 11.6 Å². The molecule has 0 aromatic heterocycles. The molecule has 0 aliphatic rings. The number of hydrogen-bond acceptors (Lipinski definition) is 4. The summed E-state index contributed by atoms with van der Waals surface area (Å²) < 4.78 is 4.64. The molecule has 1 amide bonds. The van der Waals surface area contributed by atoms with Gasteiger partial charge in [0.25, 0.3) is 5.91 Å². The van der Waals surface area contributed by atoms with Crippen LogP contribution in [0.2, 0.25) is 0 Å². The molecule has 0 saturated heterocycles. The lowest BCUT2D eigenvalue weighted by Gasteiger charge is -2.28. The minimum absolute atomic E-state index is 0.116. The summed E-state index contributed by atoms with van der Waals surface area (Å²) in [6, 6.07) is 4.97. The summed E-state index contributed by atoms with van der Waals surface area (Å²) in [7, 11) is 1.32. The van der Waals surface area contributed by atoms with Crippen molar-refractivity contribution in [2.75, 3.05) is 25.3 Å². The van der Waals surface area contributed by atoms with E-state index < -0.39 is 0 Å². The summed E-state index contributed by atoms with van der Waals surface area (Å²) in [4.78, 5) is 25.6. The number of nitrogen functional groups attached to an aromatic ring is 1. The van der Waals surface area contributed by atoms with Crippen molar-refractivity contribution < 1.29 is 14.3 Å². The monoisotopic (exact) mass is 312 g/mol. The van der Waals surface area contributed by atoms with Crippen LogP contribution in [0.4, 0.5) is 5.69 Å². The first-order valence-electron chi connectivity index (χ1n) is 6.70. The van der Waals surface area contributed by atoms with Crippen molar-refractivity contribution in [3.63, 3.8) is 0 Å². The van der Waals surface area contributed by atoms with E-state index in [2.05, 4.69) is 4.74 Å². The fourth-order valence-electron chi connectivity index (χ4n) is 2.06. The van der Waals surface area contributed by atoms with Crippen molar-refractivity contribution >= 4 is 29.2 Å². The van der Waals surface area contributed by atoms with Crippen molar-refractivity contribution in [2.45, 2.75) is 26.3 Å². The molecule has 21 heavy (non-hydrogen) atoms. The topological polar surface area (TPSA) is 72.6 Å². The largest absolute Gasteiger partial charge is 0.469 e. The van der Waals surface area contributed by atoms with Crippen LogP contribution in [-0.2, 0) is 9.53 Å². The van der Waals surface area contributed by atoms with E-state index in [1.807, 2.05) is 13.0 Å². The molecule has 116 valence electrons. The number of carbonyl (C=O) groups is 2. The molecule has 0 fully saturated rings. The Morgan fingerprint density at radius 1 is 1.43 bits per heavy atom. The fraction of sp³-hybridized carbons (Fsp3) is 0.467.